The van der Waals surface area contributed by atoms with Crippen LogP contribution < -0.4 is 10.1 Å². The van der Waals surface area contributed by atoms with Crippen LogP contribution in [0.15, 0.2) is 40.0 Å². The van der Waals surface area contributed by atoms with Crippen LogP contribution in [0.25, 0.3) is 0 Å². The number of hydrogen-bond donors (Lipinski definition) is 1. The van der Waals surface area contributed by atoms with Crippen LogP contribution >= 0.6 is 27.7 Å². The van der Waals surface area contributed by atoms with Crippen LogP contribution in [0.3, 0.4) is 0 Å². The van der Waals surface area contributed by atoms with Gasteiger partial charge in [-0.05, 0) is 34.3 Å². The summed E-state index contributed by atoms with van der Waals surface area (Å²) in [6, 6.07) is 7.84. The highest BCUT2D eigenvalue weighted by Gasteiger charge is 2.11. The molecule has 0 radical (unpaired) electrons. The van der Waals surface area contributed by atoms with E-state index >= 15 is 0 Å². The van der Waals surface area contributed by atoms with Gasteiger partial charge >= 0.3 is 0 Å². The molecule has 0 amide bonds. The molecule has 6 heteroatoms. The molecule has 1 aromatic carbocycles. The number of para-hydroxylation sites is 1. The Morgan fingerprint density at radius 1 is 1.28 bits per heavy atom. The van der Waals surface area contributed by atoms with Crippen molar-refractivity contribution >= 4 is 33.5 Å². The molecule has 18 heavy (non-hydrogen) atoms. The van der Waals surface area contributed by atoms with Crippen LogP contribution in [0.1, 0.15) is 0 Å². The number of benzene rings is 1. The maximum Gasteiger partial charge on any atom is 0.238 e. The highest BCUT2D eigenvalue weighted by atomic mass is 79.9. The third kappa shape index (κ3) is 2.76. The fourth-order valence-electron chi connectivity index (χ4n) is 1.41. The van der Waals surface area contributed by atoms with Crippen molar-refractivity contribution in [2.45, 2.75) is 4.90 Å². The molecule has 2 rings (SSSR count). The minimum Gasteiger partial charge on any atom is -0.436 e. The molecule has 0 fully saturated rings. The number of anilines is 1. The lowest BCUT2D eigenvalue weighted by Gasteiger charge is -2.11. The zero-order chi connectivity index (χ0) is 13.0. The van der Waals surface area contributed by atoms with Gasteiger partial charge < -0.3 is 10.1 Å². The Labute approximate surface area is 118 Å². The molecule has 1 aromatic heterocycles. The third-order valence-corrected chi connectivity index (χ3v) is 3.76. The second-order valence-corrected chi connectivity index (χ2v) is 4.99. The first-order valence-corrected chi connectivity index (χ1v) is 7.27. The fraction of sp³-hybridized carbons (Fsp3) is 0.167. The van der Waals surface area contributed by atoms with E-state index in [0.717, 1.165) is 10.6 Å². The summed E-state index contributed by atoms with van der Waals surface area (Å²) in [5.74, 6) is 1.98. The van der Waals surface area contributed by atoms with Gasteiger partial charge in [-0.1, -0.05) is 12.1 Å². The molecule has 4 nitrogen and oxygen atoms in total. The SMILES string of the molecule is CNc1ncnc(Oc2ccccc2SC)c1Br. The van der Waals surface area contributed by atoms with Gasteiger partial charge in [-0.2, -0.15) is 0 Å². The average Bonchev–Trinajstić information content (AvgIpc) is 2.42. The molecule has 0 saturated carbocycles. The summed E-state index contributed by atoms with van der Waals surface area (Å²) < 4.78 is 6.53. The first-order valence-electron chi connectivity index (χ1n) is 5.25. The van der Waals surface area contributed by atoms with Crippen molar-refractivity contribution in [1.29, 1.82) is 0 Å². The summed E-state index contributed by atoms with van der Waals surface area (Å²) in [5, 5.41) is 2.97. The molecule has 0 unspecified atom stereocenters. The Bertz CT molecular complexity index is 551. The van der Waals surface area contributed by atoms with Gasteiger partial charge in [-0.15, -0.1) is 11.8 Å². The van der Waals surface area contributed by atoms with Gasteiger partial charge in [0.2, 0.25) is 5.88 Å². The normalized spacial score (nSPS) is 10.2. The second kappa shape index (κ2) is 6.06. The molecular weight excluding hydrogens is 314 g/mol. The van der Waals surface area contributed by atoms with Crippen molar-refractivity contribution < 1.29 is 4.74 Å². The van der Waals surface area contributed by atoms with Crippen molar-refractivity contribution in [2.75, 3.05) is 18.6 Å². The minimum absolute atomic E-state index is 0.496. The number of nitrogens with one attached hydrogen (secondary N) is 1. The third-order valence-electron chi connectivity index (χ3n) is 2.27. The van der Waals surface area contributed by atoms with Gasteiger partial charge in [0.05, 0.1) is 0 Å². The quantitative estimate of drug-likeness (QED) is 0.866. The van der Waals surface area contributed by atoms with Crippen LogP contribution in [0.5, 0.6) is 11.6 Å². The molecular formula is C12H12BrN3OS. The van der Waals surface area contributed by atoms with Crippen molar-refractivity contribution in [1.82, 2.24) is 9.97 Å². The average molecular weight is 326 g/mol. The lowest BCUT2D eigenvalue weighted by molar-refractivity contribution is 0.448. The van der Waals surface area contributed by atoms with E-state index in [0.29, 0.717) is 16.2 Å². The number of aromatic nitrogens is 2. The predicted octanol–water partition coefficient (Wildman–Crippen LogP) is 3.80. The summed E-state index contributed by atoms with van der Waals surface area (Å²) >= 11 is 5.06. The summed E-state index contributed by atoms with van der Waals surface area (Å²) in [7, 11) is 1.80. The Morgan fingerprint density at radius 2 is 2.06 bits per heavy atom. The molecule has 1 N–H and O–H groups in total. The summed E-state index contributed by atoms with van der Waals surface area (Å²) in [6.07, 6.45) is 3.48. The number of thioether (sulfide) groups is 1. The summed E-state index contributed by atoms with van der Waals surface area (Å²) in [5.41, 5.74) is 0. The van der Waals surface area contributed by atoms with Crippen molar-refractivity contribution in [2.24, 2.45) is 0 Å². The fourth-order valence-corrected chi connectivity index (χ4v) is 2.42. The Balaban J connectivity index is 2.34. The maximum absolute atomic E-state index is 5.81. The van der Waals surface area contributed by atoms with Gasteiger partial charge in [0, 0.05) is 11.9 Å². The van der Waals surface area contributed by atoms with Gasteiger partial charge in [-0.3, -0.25) is 0 Å². The Morgan fingerprint density at radius 3 is 2.78 bits per heavy atom. The van der Waals surface area contributed by atoms with Gasteiger partial charge in [-0.25, -0.2) is 9.97 Å². The van der Waals surface area contributed by atoms with Crippen LogP contribution in [0, 0.1) is 0 Å². The molecule has 1 heterocycles. The maximum atomic E-state index is 5.81. The molecule has 0 bridgehead atoms. The monoisotopic (exact) mass is 325 g/mol. The summed E-state index contributed by atoms with van der Waals surface area (Å²) in [4.78, 5) is 9.28. The molecule has 0 aliphatic heterocycles. The molecule has 0 saturated heterocycles. The van der Waals surface area contributed by atoms with E-state index in [2.05, 4.69) is 31.2 Å². The smallest absolute Gasteiger partial charge is 0.238 e. The first-order chi connectivity index (χ1) is 8.76. The van der Waals surface area contributed by atoms with E-state index < -0.39 is 0 Å². The standard InChI is InChI=1S/C12H12BrN3OS/c1-14-11-10(13)12(16-7-15-11)17-8-5-3-4-6-9(8)18-2/h3-7H,1-2H3,(H,14,15,16). The van der Waals surface area contributed by atoms with E-state index in [-0.39, 0.29) is 0 Å². The first kappa shape index (κ1) is 13.2. The predicted molar refractivity (Wildman–Crippen MR) is 77.6 cm³/mol. The molecule has 0 atom stereocenters. The van der Waals surface area contributed by atoms with E-state index in [1.165, 1.54) is 6.33 Å². The Hall–Kier alpha value is -1.27. The zero-order valence-corrected chi connectivity index (χ0v) is 12.4. The van der Waals surface area contributed by atoms with Crippen LogP contribution in [-0.4, -0.2) is 23.3 Å². The molecule has 0 aliphatic rings. The highest BCUT2D eigenvalue weighted by molar-refractivity contribution is 9.10. The van der Waals surface area contributed by atoms with E-state index in [1.807, 2.05) is 30.5 Å². The second-order valence-electron chi connectivity index (χ2n) is 3.34. The number of hydrogen-bond acceptors (Lipinski definition) is 5. The van der Waals surface area contributed by atoms with Gasteiger partial charge in [0.25, 0.3) is 0 Å². The number of nitrogens with zero attached hydrogens (tertiary/aromatic N) is 2. The van der Waals surface area contributed by atoms with Gasteiger partial charge in [0.15, 0.2) is 0 Å². The largest absolute Gasteiger partial charge is 0.436 e. The topological polar surface area (TPSA) is 47.0 Å². The van der Waals surface area contributed by atoms with E-state index in [4.69, 9.17) is 4.74 Å². The number of halogens is 1. The lowest BCUT2D eigenvalue weighted by atomic mass is 10.3. The molecule has 94 valence electrons. The molecule has 2 aromatic rings. The lowest BCUT2D eigenvalue weighted by Crippen LogP contribution is -1.98. The number of rotatable bonds is 4. The Kier molecular flexibility index (Phi) is 4.43. The van der Waals surface area contributed by atoms with E-state index in [1.54, 1.807) is 18.8 Å². The summed E-state index contributed by atoms with van der Waals surface area (Å²) in [6.45, 7) is 0. The van der Waals surface area contributed by atoms with Crippen LogP contribution in [0.2, 0.25) is 0 Å². The molecule has 0 spiro atoms. The van der Waals surface area contributed by atoms with Gasteiger partial charge in [0.1, 0.15) is 22.4 Å². The van der Waals surface area contributed by atoms with Crippen LogP contribution in [0.4, 0.5) is 5.82 Å². The molecule has 0 aliphatic carbocycles. The van der Waals surface area contributed by atoms with Crippen molar-refractivity contribution in [3.63, 3.8) is 0 Å². The van der Waals surface area contributed by atoms with Crippen molar-refractivity contribution in [3.05, 3.63) is 35.1 Å². The van der Waals surface area contributed by atoms with Crippen molar-refractivity contribution in [3.8, 4) is 11.6 Å². The zero-order valence-electron chi connectivity index (χ0n) is 9.98. The minimum atomic E-state index is 0.496. The van der Waals surface area contributed by atoms with Crippen LogP contribution in [-0.2, 0) is 0 Å². The van der Waals surface area contributed by atoms with E-state index in [9.17, 15) is 0 Å². The highest BCUT2D eigenvalue weighted by Crippen LogP contribution is 2.35. The number of ether oxygens (including phenoxy) is 1.